The van der Waals surface area contributed by atoms with E-state index in [1.165, 1.54) is 11.3 Å². The van der Waals surface area contributed by atoms with Crippen LogP contribution in [-0.4, -0.2) is 44.6 Å². The third-order valence-corrected chi connectivity index (χ3v) is 5.69. The fourth-order valence-corrected chi connectivity index (χ4v) is 4.09. The largest absolute Gasteiger partial charge is 0.495 e. The molecule has 2 aromatic rings. The number of hydrogen-bond acceptors (Lipinski definition) is 5. The standard InChI is InChI=1S/C21H27N3O3S/c1-27-18-9-3-2-8-17(18)24-13-5-7-16(15-24)23-20(25)11-4-12-22-21(26)19-10-6-14-28-19/h2-3,6,8-10,14,16H,4-5,7,11-13,15H2,1H3,(H,22,26)(H,23,25). The number of amides is 2. The molecule has 1 atom stereocenters. The number of carbonyl (C=O) groups is 2. The molecular weight excluding hydrogens is 374 g/mol. The number of nitrogens with zero attached hydrogens (tertiary/aromatic N) is 1. The SMILES string of the molecule is COc1ccccc1N1CCCC(NC(=O)CCCNC(=O)c2cccs2)C1. The number of anilines is 1. The van der Waals surface area contributed by atoms with Crippen molar-refractivity contribution in [1.29, 1.82) is 0 Å². The number of methoxy groups -OCH3 is 1. The summed E-state index contributed by atoms with van der Waals surface area (Å²) < 4.78 is 5.46. The predicted octanol–water partition coefficient (Wildman–Crippen LogP) is 3.05. The van der Waals surface area contributed by atoms with Crippen molar-refractivity contribution in [2.75, 3.05) is 31.6 Å². The van der Waals surface area contributed by atoms with Gasteiger partial charge in [0, 0.05) is 32.1 Å². The van der Waals surface area contributed by atoms with E-state index in [-0.39, 0.29) is 17.9 Å². The normalized spacial score (nSPS) is 16.5. The summed E-state index contributed by atoms with van der Waals surface area (Å²) >= 11 is 1.41. The third kappa shape index (κ3) is 5.48. The summed E-state index contributed by atoms with van der Waals surface area (Å²) in [7, 11) is 1.68. The highest BCUT2D eigenvalue weighted by atomic mass is 32.1. The van der Waals surface area contributed by atoms with Crippen LogP contribution in [0.3, 0.4) is 0 Å². The van der Waals surface area contributed by atoms with Crippen LogP contribution in [0, 0.1) is 0 Å². The summed E-state index contributed by atoms with van der Waals surface area (Å²) in [5.41, 5.74) is 1.07. The van der Waals surface area contributed by atoms with Gasteiger partial charge < -0.3 is 20.3 Å². The van der Waals surface area contributed by atoms with Gasteiger partial charge in [0.05, 0.1) is 17.7 Å². The minimum absolute atomic E-state index is 0.0391. The number of rotatable bonds is 8. The van der Waals surface area contributed by atoms with Gasteiger partial charge >= 0.3 is 0 Å². The van der Waals surface area contributed by atoms with Gasteiger partial charge in [0.15, 0.2) is 0 Å². The van der Waals surface area contributed by atoms with Gasteiger partial charge in [-0.3, -0.25) is 9.59 Å². The molecule has 28 heavy (non-hydrogen) atoms. The number of benzene rings is 1. The Morgan fingerprint density at radius 2 is 2.11 bits per heavy atom. The zero-order chi connectivity index (χ0) is 19.8. The number of thiophene rings is 1. The Morgan fingerprint density at radius 3 is 2.89 bits per heavy atom. The molecule has 1 aliphatic heterocycles. The molecule has 1 saturated heterocycles. The van der Waals surface area contributed by atoms with E-state index in [1.54, 1.807) is 13.2 Å². The summed E-state index contributed by atoms with van der Waals surface area (Å²) in [4.78, 5) is 27.1. The molecule has 7 heteroatoms. The molecular formula is C21H27N3O3S. The summed E-state index contributed by atoms with van der Waals surface area (Å²) in [6.07, 6.45) is 3.05. The lowest BCUT2D eigenvalue weighted by Gasteiger charge is -2.35. The Bertz CT molecular complexity index is 779. The molecule has 1 unspecified atom stereocenters. The van der Waals surface area contributed by atoms with Crippen molar-refractivity contribution in [3.05, 3.63) is 46.7 Å². The van der Waals surface area contributed by atoms with Gasteiger partial charge in [0.25, 0.3) is 5.91 Å². The number of para-hydroxylation sites is 2. The second-order valence-electron chi connectivity index (χ2n) is 6.86. The maximum Gasteiger partial charge on any atom is 0.261 e. The van der Waals surface area contributed by atoms with Crippen LogP contribution < -0.4 is 20.3 Å². The van der Waals surface area contributed by atoms with Crippen LogP contribution in [-0.2, 0) is 4.79 Å². The number of carbonyl (C=O) groups excluding carboxylic acids is 2. The van der Waals surface area contributed by atoms with Crippen LogP contribution in [0.25, 0.3) is 0 Å². The predicted molar refractivity (Wildman–Crippen MR) is 112 cm³/mol. The molecule has 0 aliphatic carbocycles. The van der Waals surface area contributed by atoms with Crippen molar-refractivity contribution in [2.24, 2.45) is 0 Å². The van der Waals surface area contributed by atoms with Crippen LogP contribution in [0.15, 0.2) is 41.8 Å². The highest BCUT2D eigenvalue weighted by molar-refractivity contribution is 7.12. The zero-order valence-electron chi connectivity index (χ0n) is 16.1. The first-order valence-corrected chi connectivity index (χ1v) is 10.5. The molecule has 150 valence electrons. The van der Waals surface area contributed by atoms with Gasteiger partial charge in [-0.1, -0.05) is 18.2 Å². The van der Waals surface area contributed by atoms with Crippen molar-refractivity contribution in [2.45, 2.75) is 31.7 Å². The van der Waals surface area contributed by atoms with E-state index in [2.05, 4.69) is 21.6 Å². The molecule has 0 bridgehead atoms. The molecule has 1 fully saturated rings. The van der Waals surface area contributed by atoms with Gasteiger partial charge in [0.2, 0.25) is 5.91 Å². The molecule has 2 amide bonds. The summed E-state index contributed by atoms with van der Waals surface area (Å²) in [6, 6.07) is 11.8. The smallest absolute Gasteiger partial charge is 0.261 e. The number of ether oxygens (including phenoxy) is 1. The van der Waals surface area contributed by atoms with E-state index in [9.17, 15) is 9.59 Å². The highest BCUT2D eigenvalue weighted by Gasteiger charge is 2.23. The highest BCUT2D eigenvalue weighted by Crippen LogP contribution is 2.29. The van der Waals surface area contributed by atoms with Crippen LogP contribution in [0.2, 0.25) is 0 Å². The number of hydrogen-bond donors (Lipinski definition) is 2. The average Bonchev–Trinajstić information content (AvgIpc) is 3.26. The minimum atomic E-state index is -0.0739. The molecule has 0 spiro atoms. The molecule has 1 aromatic carbocycles. The van der Waals surface area contributed by atoms with E-state index >= 15 is 0 Å². The second-order valence-corrected chi connectivity index (χ2v) is 7.81. The van der Waals surface area contributed by atoms with Crippen molar-refractivity contribution in [3.63, 3.8) is 0 Å². The molecule has 1 aliphatic rings. The van der Waals surface area contributed by atoms with E-state index in [0.29, 0.717) is 24.3 Å². The second kappa shape index (κ2) is 10.1. The van der Waals surface area contributed by atoms with Crippen LogP contribution >= 0.6 is 11.3 Å². The first-order chi connectivity index (χ1) is 13.7. The van der Waals surface area contributed by atoms with Gasteiger partial charge in [0.1, 0.15) is 5.75 Å². The first-order valence-electron chi connectivity index (χ1n) is 9.66. The van der Waals surface area contributed by atoms with E-state index in [4.69, 9.17) is 4.74 Å². The number of piperidine rings is 1. The van der Waals surface area contributed by atoms with Gasteiger partial charge in [-0.05, 0) is 42.8 Å². The van der Waals surface area contributed by atoms with Crippen molar-refractivity contribution >= 4 is 28.8 Å². The lowest BCUT2D eigenvalue weighted by Crippen LogP contribution is -2.48. The Morgan fingerprint density at radius 1 is 1.25 bits per heavy atom. The van der Waals surface area contributed by atoms with E-state index < -0.39 is 0 Å². The Balaban J connectivity index is 1.41. The molecule has 3 rings (SSSR count). The van der Waals surface area contributed by atoms with E-state index in [1.807, 2.05) is 29.6 Å². The Kier molecular flexibility index (Phi) is 7.31. The molecule has 1 aromatic heterocycles. The maximum absolute atomic E-state index is 12.3. The Hall–Kier alpha value is -2.54. The Labute approximate surface area is 169 Å². The molecule has 2 N–H and O–H groups in total. The summed E-state index contributed by atoms with van der Waals surface area (Å²) in [5, 5.41) is 7.87. The first kappa shape index (κ1) is 20.2. The fraction of sp³-hybridized carbons (Fsp3) is 0.429. The van der Waals surface area contributed by atoms with Gasteiger partial charge in [-0.2, -0.15) is 0 Å². The minimum Gasteiger partial charge on any atom is -0.495 e. The van der Waals surface area contributed by atoms with Crippen LogP contribution in [0.4, 0.5) is 5.69 Å². The molecule has 0 radical (unpaired) electrons. The van der Waals surface area contributed by atoms with Crippen LogP contribution in [0.1, 0.15) is 35.4 Å². The quantitative estimate of drug-likeness (QED) is 0.667. The fourth-order valence-electron chi connectivity index (χ4n) is 3.45. The molecule has 2 heterocycles. The monoisotopic (exact) mass is 401 g/mol. The molecule has 0 saturated carbocycles. The maximum atomic E-state index is 12.3. The zero-order valence-corrected chi connectivity index (χ0v) is 17.0. The van der Waals surface area contributed by atoms with Gasteiger partial charge in [-0.15, -0.1) is 11.3 Å². The van der Waals surface area contributed by atoms with Crippen molar-refractivity contribution < 1.29 is 14.3 Å². The van der Waals surface area contributed by atoms with Gasteiger partial charge in [-0.25, -0.2) is 0 Å². The average molecular weight is 402 g/mol. The van der Waals surface area contributed by atoms with Crippen molar-refractivity contribution in [1.82, 2.24) is 10.6 Å². The lowest BCUT2D eigenvalue weighted by molar-refractivity contribution is -0.121. The third-order valence-electron chi connectivity index (χ3n) is 4.82. The van der Waals surface area contributed by atoms with Crippen LogP contribution in [0.5, 0.6) is 5.75 Å². The molecule has 6 nitrogen and oxygen atoms in total. The number of nitrogens with one attached hydrogen (secondary N) is 2. The van der Waals surface area contributed by atoms with Crippen molar-refractivity contribution in [3.8, 4) is 5.75 Å². The summed E-state index contributed by atoms with van der Waals surface area (Å²) in [6.45, 7) is 2.24. The topological polar surface area (TPSA) is 70.7 Å². The van der Waals surface area contributed by atoms with E-state index in [0.717, 1.165) is 37.4 Å². The summed E-state index contributed by atoms with van der Waals surface area (Å²) in [5.74, 6) is 0.823. The lowest BCUT2D eigenvalue weighted by atomic mass is 10.0.